The molecular weight excluding hydrogens is 949 g/mol. The van der Waals surface area contributed by atoms with E-state index in [1.807, 2.05) is 0 Å². The maximum Gasteiger partial charge on any atom is 3.00 e. The number of fused-ring (bicyclic) bond motifs is 3. The van der Waals surface area contributed by atoms with Crippen LogP contribution < -0.4 is 0 Å². The minimum atomic E-state index is -3.24. The van der Waals surface area contributed by atoms with E-state index in [1.54, 1.807) is 109 Å². The van der Waals surface area contributed by atoms with Crippen LogP contribution in [-0.2, 0) is 45.6 Å². The van der Waals surface area contributed by atoms with Crippen LogP contribution in [0.4, 0.5) is 0 Å². The fourth-order valence-electron chi connectivity index (χ4n) is 7.22. The number of furan rings is 1. The van der Waals surface area contributed by atoms with Crippen molar-refractivity contribution in [3.63, 3.8) is 0 Å². The summed E-state index contributed by atoms with van der Waals surface area (Å²) < 4.78 is 158. The van der Waals surface area contributed by atoms with Gasteiger partial charge in [0.1, 0.15) is 0 Å². The maximum absolute atomic E-state index is 9.70. The summed E-state index contributed by atoms with van der Waals surface area (Å²) in [6.45, 7) is -8.44. The van der Waals surface area contributed by atoms with Crippen LogP contribution in [0, 0.1) is 38.8 Å². The summed E-state index contributed by atoms with van der Waals surface area (Å²) in [6, 6.07) is 44.9. The van der Waals surface area contributed by atoms with Crippen LogP contribution in [0.3, 0.4) is 0 Å². The predicted molar refractivity (Wildman–Crippen MR) is 250 cm³/mol. The van der Waals surface area contributed by atoms with Crippen molar-refractivity contribution in [3.8, 4) is 56.0 Å². The molecule has 0 bridgehead atoms. The monoisotopic (exact) mass is 1010 g/mol. The van der Waals surface area contributed by atoms with Gasteiger partial charge >= 0.3 is 20.1 Å². The maximum atomic E-state index is 9.70. The van der Waals surface area contributed by atoms with Gasteiger partial charge in [-0.2, -0.15) is 0 Å². The average molecular weight is 1010 g/mol. The Labute approximate surface area is 406 Å². The van der Waals surface area contributed by atoms with Gasteiger partial charge in [-0.1, -0.05) is 88.8 Å². The largest absolute Gasteiger partial charge is 3.00 e. The smallest absolute Gasteiger partial charge is 0.486 e. The Morgan fingerprint density at radius 2 is 1.17 bits per heavy atom. The van der Waals surface area contributed by atoms with Crippen LogP contribution >= 0.6 is 0 Å². The van der Waals surface area contributed by atoms with Gasteiger partial charge in [0.15, 0.2) is 0 Å². The van der Waals surface area contributed by atoms with Gasteiger partial charge in [0.05, 0.1) is 5.58 Å². The zero-order valence-electron chi connectivity index (χ0n) is 50.0. The van der Waals surface area contributed by atoms with E-state index in [-0.39, 0.29) is 48.5 Å². The molecule has 0 fully saturated rings. The zero-order valence-corrected chi connectivity index (χ0v) is 35.4. The van der Waals surface area contributed by atoms with Crippen molar-refractivity contribution < 1.29 is 47.8 Å². The normalized spacial score (nSPS) is 16.7. The molecule has 0 N–H and O–H groups in total. The van der Waals surface area contributed by atoms with Gasteiger partial charge in [0.2, 0.25) is 5.71 Å². The summed E-state index contributed by atoms with van der Waals surface area (Å²) in [7, 11) is 0. The molecule has 0 spiro atoms. The third-order valence-corrected chi connectivity index (χ3v) is 10.3. The first kappa shape index (κ1) is 25.9. The average Bonchev–Trinajstić information content (AvgIpc) is 3.86. The SMILES string of the molecule is [2H]C([2H])([2H])c1ccc2c(n1)oc1c(-c3ccc(-c4ccccc4-c4cc(C([2H])([2H])C([2H])([2H])c5cnc(-c6[c-]cccc6)cc5C([2H])([2H])[2H])cc(C([2H])([2H])C([2H])([2H])c5cnc(-c6[c-]cccc6)cc5C([2H])([2H])[2H])c4)cn3)[c-]ccc12.[Ir+3]. The molecule has 0 aliphatic heterocycles. The quantitative estimate of drug-likeness (QED) is 0.121. The Morgan fingerprint density at radius 3 is 1.76 bits per heavy atom. The van der Waals surface area contributed by atoms with E-state index in [1.165, 1.54) is 18.2 Å². The molecule has 5 aromatic carbocycles. The van der Waals surface area contributed by atoms with Gasteiger partial charge in [-0.05, 0) is 120 Å². The molecule has 0 atom stereocenters. The first-order valence-electron chi connectivity index (χ1n) is 28.0. The van der Waals surface area contributed by atoms with E-state index in [0.717, 1.165) is 30.6 Å². The Kier molecular flexibility index (Phi) is 7.51. The fraction of sp³-hybridized carbons (Fsp3) is 0.123. The Hall–Kier alpha value is -6.85. The molecule has 0 saturated carbocycles. The van der Waals surface area contributed by atoms with Crippen molar-refractivity contribution >= 4 is 22.1 Å². The van der Waals surface area contributed by atoms with Gasteiger partial charge in [-0.25, -0.2) is 4.98 Å². The molecule has 6 heteroatoms. The molecule has 5 heterocycles. The molecular formula is C57H43IrN4O. The predicted octanol–water partition coefficient (Wildman–Crippen LogP) is 13.4. The van der Waals surface area contributed by atoms with Crippen LogP contribution in [-0.4, -0.2) is 19.9 Å². The molecule has 0 aliphatic carbocycles. The molecule has 0 radical (unpaired) electrons. The third kappa shape index (κ3) is 8.79. The number of aryl methyl sites for hydroxylation is 7. The van der Waals surface area contributed by atoms with Crippen molar-refractivity contribution in [2.24, 2.45) is 0 Å². The summed E-state index contributed by atoms with van der Waals surface area (Å²) in [4.78, 5) is 17.7. The van der Waals surface area contributed by atoms with Gasteiger partial charge in [0.25, 0.3) is 0 Å². The number of hydrogen-bond donors (Lipinski definition) is 0. The topological polar surface area (TPSA) is 64.7 Å². The van der Waals surface area contributed by atoms with E-state index in [9.17, 15) is 11.0 Å². The van der Waals surface area contributed by atoms with Gasteiger partial charge < -0.3 is 19.4 Å². The summed E-state index contributed by atoms with van der Waals surface area (Å²) >= 11 is 0. The first-order chi connectivity index (χ1) is 37.1. The summed E-state index contributed by atoms with van der Waals surface area (Å²) in [5.41, 5.74) is 0.295. The van der Waals surface area contributed by atoms with Crippen molar-refractivity contribution in [2.75, 3.05) is 0 Å². The van der Waals surface area contributed by atoms with Crippen LogP contribution in [0.5, 0.6) is 0 Å². The molecule has 5 nitrogen and oxygen atoms in total. The third-order valence-electron chi connectivity index (χ3n) is 10.3. The molecule has 306 valence electrons. The molecule has 0 unspecified atom stereocenters. The molecule has 0 aliphatic rings. The van der Waals surface area contributed by atoms with Crippen molar-refractivity contribution in [1.82, 2.24) is 19.9 Å². The number of rotatable bonds is 11. The van der Waals surface area contributed by atoms with Crippen molar-refractivity contribution in [3.05, 3.63) is 215 Å². The van der Waals surface area contributed by atoms with E-state index >= 15 is 0 Å². The van der Waals surface area contributed by atoms with E-state index in [2.05, 4.69) is 33.2 Å². The summed E-state index contributed by atoms with van der Waals surface area (Å²) in [5, 5.41) is 1.24. The minimum Gasteiger partial charge on any atom is -0.486 e. The zero-order chi connectivity index (χ0) is 56.7. The second-order valence-corrected chi connectivity index (χ2v) is 14.3. The molecule has 10 aromatic rings. The van der Waals surface area contributed by atoms with E-state index < -0.39 is 79.4 Å². The van der Waals surface area contributed by atoms with Gasteiger partial charge in [-0.15, -0.1) is 90.0 Å². The first-order valence-corrected chi connectivity index (χ1v) is 19.5. The van der Waals surface area contributed by atoms with Crippen LogP contribution in [0.25, 0.3) is 78.1 Å². The van der Waals surface area contributed by atoms with Crippen molar-refractivity contribution in [2.45, 2.75) is 46.0 Å². The molecule has 0 saturated heterocycles. The summed E-state index contributed by atoms with van der Waals surface area (Å²) in [5.74, 6) is 0. The van der Waals surface area contributed by atoms with Crippen LogP contribution in [0.15, 0.2) is 163 Å². The molecule has 63 heavy (non-hydrogen) atoms. The minimum absolute atomic E-state index is 0. The van der Waals surface area contributed by atoms with Crippen LogP contribution in [0.1, 0.15) is 62.4 Å². The number of aromatic nitrogens is 4. The second kappa shape index (κ2) is 18.2. The molecule has 10 rings (SSSR count). The Balaban J connectivity index is 0.00000774. The standard InChI is InChI=1S/C57H43N4O.Ir/c1-37-29-54(42-13-6-4-7-14-42)59-34-44(37)24-22-40-31-41(23-25-45-35-60-55(30-38(45)2)43-15-8-5-9-16-43)33-47(32-40)49-18-11-10-17-48(49)46-26-28-53(58-36-46)52-20-12-19-50-51-27-21-39(3)61-57(51)62-56(50)52;/h4-13,15,17-19,21,26-36H,22-25H2,1-3H3;/q-3;+3/i1D3,2D3,3D3,22D2,23D2,24D2,25D2;. The van der Waals surface area contributed by atoms with Gasteiger partial charge in [-0.3, -0.25) is 0 Å². The summed E-state index contributed by atoms with van der Waals surface area (Å²) in [6.07, 6.45) is -9.47. The Bertz CT molecular complexity index is 3800. The molecule has 0 amide bonds. The number of nitrogens with zero attached hydrogens (tertiary/aromatic N) is 4. The number of benzene rings is 5. The van der Waals surface area contributed by atoms with Crippen molar-refractivity contribution in [1.29, 1.82) is 0 Å². The number of pyridine rings is 4. The van der Waals surface area contributed by atoms with E-state index in [4.69, 9.17) is 21.7 Å². The fourth-order valence-corrected chi connectivity index (χ4v) is 7.22. The second-order valence-electron chi connectivity index (χ2n) is 14.3. The molecule has 5 aromatic heterocycles. The van der Waals surface area contributed by atoms with Crippen LogP contribution in [0.2, 0.25) is 0 Å². The van der Waals surface area contributed by atoms with Gasteiger partial charge in [0, 0.05) is 53.0 Å². The Morgan fingerprint density at radius 1 is 0.540 bits per heavy atom. The van der Waals surface area contributed by atoms with E-state index in [0.29, 0.717) is 55.4 Å². The number of hydrogen-bond acceptors (Lipinski definition) is 5.